The average Bonchev–Trinajstić information content (AvgIpc) is 2.78. The lowest BCUT2D eigenvalue weighted by Gasteiger charge is -2.14. The quantitative estimate of drug-likeness (QED) is 0.858. The van der Waals surface area contributed by atoms with Crippen molar-refractivity contribution in [2.45, 2.75) is 19.4 Å². The van der Waals surface area contributed by atoms with E-state index in [0.717, 1.165) is 16.9 Å². The van der Waals surface area contributed by atoms with Crippen molar-refractivity contribution in [3.63, 3.8) is 0 Å². The Hall–Kier alpha value is -1.59. The van der Waals surface area contributed by atoms with Gasteiger partial charge in [-0.3, -0.25) is 9.63 Å². The molecule has 2 rings (SSSR count). The molecule has 5 nitrogen and oxygen atoms in total. The number of hydrogen-bond acceptors (Lipinski definition) is 4. The van der Waals surface area contributed by atoms with Gasteiger partial charge in [-0.25, -0.2) is 5.06 Å². The van der Waals surface area contributed by atoms with Gasteiger partial charge in [0, 0.05) is 0 Å². The lowest BCUT2D eigenvalue weighted by atomic mass is 10.1. The van der Waals surface area contributed by atoms with E-state index in [1.807, 2.05) is 25.1 Å². The lowest BCUT2D eigenvalue weighted by molar-refractivity contribution is -0.167. The number of β-amino-alcohol motifs (C(OH)–C–C–N with tert-alkyl or cyclic N) is 1. The highest BCUT2D eigenvalue weighted by Gasteiger charge is 2.26. The van der Waals surface area contributed by atoms with Crippen LogP contribution in [0.15, 0.2) is 18.2 Å². The van der Waals surface area contributed by atoms with Crippen molar-refractivity contribution in [3.8, 4) is 5.75 Å². The Bertz CT molecular complexity index is 447. The number of ether oxygens (including phenoxy) is 1. The third-order valence-corrected chi connectivity index (χ3v) is 2.91. The number of benzene rings is 1. The first-order valence-corrected chi connectivity index (χ1v) is 5.85. The third-order valence-electron chi connectivity index (χ3n) is 2.91. The fourth-order valence-electron chi connectivity index (χ4n) is 1.88. The molecule has 1 amide bonds. The number of hydroxylamine groups is 2. The molecule has 1 aliphatic heterocycles. The average molecular weight is 251 g/mol. The summed E-state index contributed by atoms with van der Waals surface area (Å²) < 4.78 is 5.21. The van der Waals surface area contributed by atoms with E-state index in [4.69, 9.17) is 9.57 Å². The van der Waals surface area contributed by atoms with Gasteiger partial charge in [-0.15, -0.1) is 0 Å². The van der Waals surface area contributed by atoms with E-state index >= 15 is 0 Å². The van der Waals surface area contributed by atoms with Crippen LogP contribution in [-0.2, 0) is 16.1 Å². The highest BCUT2D eigenvalue weighted by atomic mass is 16.7. The van der Waals surface area contributed by atoms with Crippen molar-refractivity contribution in [1.82, 2.24) is 5.06 Å². The second-order valence-electron chi connectivity index (χ2n) is 4.39. The highest BCUT2D eigenvalue weighted by Crippen LogP contribution is 2.20. The normalized spacial score (nSPS) is 19.1. The first-order valence-electron chi connectivity index (χ1n) is 5.85. The molecular formula is C13H17NO4. The van der Waals surface area contributed by atoms with Gasteiger partial charge in [-0.05, 0) is 24.1 Å². The van der Waals surface area contributed by atoms with Gasteiger partial charge in [0.15, 0.2) is 0 Å². The van der Waals surface area contributed by atoms with Crippen LogP contribution in [0.25, 0.3) is 0 Å². The maximum absolute atomic E-state index is 11.9. The Kier molecular flexibility index (Phi) is 3.84. The summed E-state index contributed by atoms with van der Waals surface area (Å²) in [5, 5.41) is 10.5. The molecule has 0 bridgehead atoms. The summed E-state index contributed by atoms with van der Waals surface area (Å²) in [6, 6.07) is 5.66. The zero-order valence-electron chi connectivity index (χ0n) is 10.5. The van der Waals surface area contributed by atoms with E-state index in [-0.39, 0.29) is 25.5 Å². The molecular weight excluding hydrogens is 234 g/mol. The molecule has 0 aliphatic carbocycles. The number of aliphatic hydroxyl groups is 1. The van der Waals surface area contributed by atoms with Crippen molar-refractivity contribution in [2.75, 3.05) is 20.3 Å². The molecule has 1 N–H and O–H groups in total. The van der Waals surface area contributed by atoms with Crippen LogP contribution >= 0.6 is 0 Å². The third kappa shape index (κ3) is 2.80. The van der Waals surface area contributed by atoms with Gasteiger partial charge in [-0.1, -0.05) is 12.1 Å². The molecule has 1 atom stereocenters. The standard InChI is InChI=1S/C13H17NO4/c1-9-3-4-10(5-12(9)17-2)6-13(16)14-7-11(15)8-18-14/h3-5,11,15H,6-8H2,1-2H3/t11-/m1/s1. The number of carbonyl (C=O) groups is 1. The minimum absolute atomic E-state index is 0.155. The number of hydrogen-bond donors (Lipinski definition) is 1. The van der Waals surface area contributed by atoms with Crippen LogP contribution in [0.4, 0.5) is 0 Å². The van der Waals surface area contributed by atoms with Gasteiger partial charge in [0.05, 0.1) is 26.2 Å². The SMILES string of the molecule is COc1cc(CC(=O)N2C[C@@H](O)CO2)ccc1C. The zero-order valence-corrected chi connectivity index (χ0v) is 10.5. The molecule has 1 heterocycles. The molecule has 18 heavy (non-hydrogen) atoms. The van der Waals surface area contributed by atoms with Crippen molar-refractivity contribution in [1.29, 1.82) is 0 Å². The van der Waals surface area contributed by atoms with E-state index in [9.17, 15) is 9.90 Å². The summed E-state index contributed by atoms with van der Waals surface area (Å²) in [6.07, 6.45) is -0.342. The monoisotopic (exact) mass is 251 g/mol. The maximum atomic E-state index is 11.9. The van der Waals surface area contributed by atoms with E-state index in [2.05, 4.69) is 0 Å². The molecule has 1 saturated heterocycles. The number of aliphatic hydroxyl groups excluding tert-OH is 1. The Morgan fingerprint density at radius 3 is 3.00 bits per heavy atom. The fourth-order valence-corrected chi connectivity index (χ4v) is 1.88. The zero-order chi connectivity index (χ0) is 13.1. The molecule has 1 fully saturated rings. The summed E-state index contributed by atoms with van der Waals surface area (Å²) in [7, 11) is 1.61. The first-order chi connectivity index (χ1) is 8.60. The summed E-state index contributed by atoms with van der Waals surface area (Å²) in [5.74, 6) is 0.611. The van der Waals surface area contributed by atoms with Crippen LogP contribution < -0.4 is 4.74 Å². The van der Waals surface area contributed by atoms with Gasteiger partial charge in [0.25, 0.3) is 5.91 Å². The summed E-state index contributed by atoms with van der Waals surface area (Å²) in [5.41, 5.74) is 1.90. The van der Waals surface area contributed by atoms with Crippen molar-refractivity contribution in [2.24, 2.45) is 0 Å². The second kappa shape index (κ2) is 5.37. The van der Waals surface area contributed by atoms with Crippen LogP contribution in [0.2, 0.25) is 0 Å². The minimum Gasteiger partial charge on any atom is -0.496 e. The summed E-state index contributed by atoms with van der Waals surface area (Å²) in [6.45, 7) is 2.37. The van der Waals surface area contributed by atoms with Crippen LogP contribution in [0, 0.1) is 6.92 Å². The van der Waals surface area contributed by atoms with Crippen molar-refractivity contribution in [3.05, 3.63) is 29.3 Å². The number of methoxy groups -OCH3 is 1. The molecule has 0 saturated carbocycles. The van der Waals surface area contributed by atoms with E-state index < -0.39 is 6.10 Å². The smallest absolute Gasteiger partial charge is 0.250 e. The summed E-state index contributed by atoms with van der Waals surface area (Å²) in [4.78, 5) is 17.0. The van der Waals surface area contributed by atoms with E-state index in [0.29, 0.717) is 0 Å². The van der Waals surface area contributed by atoms with Crippen LogP contribution in [-0.4, -0.2) is 42.4 Å². The highest BCUT2D eigenvalue weighted by molar-refractivity contribution is 5.78. The van der Waals surface area contributed by atoms with Crippen molar-refractivity contribution < 1.29 is 19.5 Å². The topological polar surface area (TPSA) is 59.0 Å². The van der Waals surface area contributed by atoms with Gasteiger partial charge in [-0.2, -0.15) is 0 Å². The van der Waals surface area contributed by atoms with E-state index in [1.54, 1.807) is 7.11 Å². The molecule has 0 spiro atoms. The van der Waals surface area contributed by atoms with Crippen LogP contribution in [0.1, 0.15) is 11.1 Å². The molecule has 5 heteroatoms. The fraction of sp³-hybridized carbons (Fsp3) is 0.462. The van der Waals surface area contributed by atoms with Crippen LogP contribution in [0.3, 0.4) is 0 Å². The molecule has 0 unspecified atom stereocenters. The van der Waals surface area contributed by atoms with Gasteiger partial charge in [0.2, 0.25) is 0 Å². The Labute approximate surface area is 106 Å². The molecule has 0 aromatic heterocycles. The lowest BCUT2D eigenvalue weighted by Crippen LogP contribution is -2.29. The van der Waals surface area contributed by atoms with Crippen LogP contribution in [0.5, 0.6) is 5.75 Å². The molecule has 0 radical (unpaired) electrons. The number of nitrogens with zero attached hydrogens (tertiary/aromatic N) is 1. The second-order valence-corrected chi connectivity index (χ2v) is 4.39. The van der Waals surface area contributed by atoms with Crippen molar-refractivity contribution >= 4 is 5.91 Å². The molecule has 1 aliphatic rings. The Morgan fingerprint density at radius 1 is 1.61 bits per heavy atom. The largest absolute Gasteiger partial charge is 0.496 e. The molecule has 98 valence electrons. The van der Waals surface area contributed by atoms with Gasteiger partial charge in [0.1, 0.15) is 12.4 Å². The Morgan fingerprint density at radius 2 is 2.39 bits per heavy atom. The number of rotatable bonds is 3. The van der Waals surface area contributed by atoms with Gasteiger partial charge < -0.3 is 9.84 Å². The molecule has 1 aromatic rings. The predicted octanol–water partition coefficient (Wildman–Crippen LogP) is 0.681. The minimum atomic E-state index is -0.582. The summed E-state index contributed by atoms with van der Waals surface area (Å²) >= 11 is 0. The number of carbonyl (C=O) groups excluding carboxylic acids is 1. The van der Waals surface area contributed by atoms with E-state index in [1.165, 1.54) is 5.06 Å². The number of aryl methyl sites for hydroxylation is 1. The maximum Gasteiger partial charge on any atom is 0.250 e. The predicted molar refractivity (Wildman–Crippen MR) is 65.1 cm³/mol. The Balaban J connectivity index is 2.03. The van der Waals surface area contributed by atoms with Gasteiger partial charge >= 0.3 is 0 Å². The first kappa shape index (κ1) is 12.9. The number of amides is 1. The molecule has 1 aromatic carbocycles.